The molecule has 49 heavy (non-hydrogen) atoms. The number of nitrogens with zero attached hydrogens (tertiary/aromatic N) is 2. The number of fused-ring (bicyclic) bond motifs is 2. The number of hydrogen-bond acceptors (Lipinski definition) is 9. The predicted molar refractivity (Wildman–Crippen MR) is 180 cm³/mol. The molecule has 1 spiro atoms. The quantitative estimate of drug-likeness (QED) is 0.283. The number of methoxy groups -OCH3 is 2. The molecule has 2 heterocycles. The summed E-state index contributed by atoms with van der Waals surface area (Å²) in [6, 6.07) is 10.7. The summed E-state index contributed by atoms with van der Waals surface area (Å²) in [6.45, 7) is 5.28. The molecule has 6 saturated carbocycles. The van der Waals surface area contributed by atoms with Gasteiger partial charge in [-0.2, -0.15) is 0 Å². The Morgan fingerprint density at radius 2 is 1.92 bits per heavy atom. The van der Waals surface area contributed by atoms with E-state index in [0.29, 0.717) is 49.4 Å². The summed E-state index contributed by atoms with van der Waals surface area (Å²) in [7, 11) is 3.52. The average molecular weight is 670 g/mol. The Hall–Kier alpha value is -3.15. The Morgan fingerprint density at radius 3 is 2.65 bits per heavy atom. The molecule has 10 heteroatoms. The van der Waals surface area contributed by atoms with Crippen LogP contribution in [-0.2, 0) is 19.0 Å². The second kappa shape index (κ2) is 10.7. The highest BCUT2D eigenvalue weighted by molar-refractivity contribution is 6.07. The predicted octanol–water partition coefficient (Wildman–Crippen LogP) is 3.93. The van der Waals surface area contributed by atoms with Crippen LogP contribution in [0.15, 0.2) is 54.9 Å². The van der Waals surface area contributed by atoms with Crippen molar-refractivity contribution in [2.45, 2.75) is 81.0 Å². The molecule has 5 bridgehead atoms. The number of anilines is 1. The van der Waals surface area contributed by atoms with E-state index in [4.69, 9.17) is 14.2 Å². The summed E-state index contributed by atoms with van der Waals surface area (Å²) in [5.74, 6) is -0.653. The van der Waals surface area contributed by atoms with Crippen LogP contribution in [0.3, 0.4) is 0 Å². The Kier molecular flexibility index (Phi) is 6.93. The highest BCUT2D eigenvalue weighted by Crippen LogP contribution is 2.84. The molecule has 7 fully saturated rings. The number of esters is 1. The van der Waals surface area contributed by atoms with Crippen molar-refractivity contribution in [1.29, 1.82) is 0 Å². The molecule has 10 nitrogen and oxygen atoms in total. The molecular weight excluding hydrogens is 622 g/mol. The molecule has 1 saturated heterocycles. The lowest BCUT2D eigenvalue weighted by Crippen LogP contribution is -2.82. The van der Waals surface area contributed by atoms with E-state index in [2.05, 4.69) is 22.1 Å². The number of likely N-dealkylation sites (tertiary alicyclic amines) is 1. The summed E-state index contributed by atoms with van der Waals surface area (Å²) in [5, 5.41) is 28.8. The Balaban J connectivity index is 1.08. The van der Waals surface area contributed by atoms with Gasteiger partial charge in [-0.3, -0.25) is 14.7 Å². The zero-order chi connectivity index (χ0) is 34.1. The number of ether oxygens (including phenoxy) is 3. The Labute approximate surface area is 287 Å². The van der Waals surface area contributed by atoms with E-state index in [1.165, 1.54) is 6.08 Å². The number of piperidine rings is 1. The van der Waals surface area contributed by atoms with E-state index < -0.39 is 28.2 Å². The van der Waals surface area contributed by atoms with Gasteiger partial charge in [0.2, 0.25) is 5.91 Å². The lowest BCUT2D eigenvalue weighted by molar-refractivity contribution is -0.333. The number of carbonyl (C=O) groups excluding carboxylic acids is 2. The third-order valence-corrected chi connectivity index (χ3v) is 14.7. The van der Waals surface area contributed by atoms with Crippen LogP contribution in [-0.4, -0.2) is 94.3 Å². The average Bonchev–Trinajstić information content (AvgIpc) is 3.65. The minimum Gasteiger partial charge on any atom is -0.454 e. The molecule has 9 rings (SSSR count). The van der Waals surface area contributed by atoms with Gasteiger partial charge in [0.1, 0.15) is 16.8 Å². The number of benzene rings is 1. The van der Waals surface area contributed by atoms with Crippen LogP contribution in [0, 0.1) is 40.9 Å². The van der Waals surface area contributed by atoms with Gasteiger partial charge in [0.25, 0.3) is 0 Å². The van der Waals surface area contributed by atoms with Crippen molar-refractivity contribution >= 4 is 23.1 Å². The van der Waals surface area contributed by atoms with E-state index in [9.17, 15) is 19.8 Å². The smallest absolute Gasteiger partial charge is 0.340 e. The number of rotatable bonds is 8. The number of hydrogen-bond donors (Lipinski definition) is 3. The lowest BCUT2D eigenvalue weighted by Gasteiger charge is -2.71. The molecule has 1 amide bonds. The normalized spacial score (nSPS) is 45.4. The van der Waals surface area contributed by atoms with Crippen molar-refractivity contribution in [3.05, 3.63) is 66.0 Å². The van der Waals surface area contributed by atoms with Crippen molar-refractivity contribution < 1.29 is 34.0 Å². The summed E-state index contributed by atoms with van der Waals surface area (Å²) in [4.78, 5) is 34.2. The number of amides is 1. The SMILES string of the molecule is CCN1C[C@]2(OC(=O)c3ccccc3NC(=O)/C=C(\C)c3cccnc3)CC[C@H](OC)[C@]34C1[C@@H](C[C@H]23)[C@@]1(O)C[C@H](OC)C2[C@H]3C[C@@H]4[C@]1(O)[C@@H]23. The first-order chi connectivity index (χ1) is 23.6. The van der Waals surface area contributed by atoms with Crippen LogP contribution < -0.4 is 5.32 Å². The van der Waals surface area contributed by atoms with Crippen LogP contribution >= 0.6 is 0 Å². The van der Waals surface area contributed by atoms with Crippen LogP contribution in [0.1, 0.15) is 61.9 Å². The van der Waals surface area contributed by atoms with E-state index in [1.807, 2.05) is 19.1 Å². The number of aromatic nitrogens is 1. The fourth-order valence-corrected chi connectivity index (χ4v) is 13.2. The van der Waals surface area contributed by atoms with Crippen LogP contribution in [0.5, 0.6) is 0 Å². The standard InChI is InChI=1S/C39H47N3O7/c1-5-42-20-36(49-35(44)23-10-6-7-11-26(23)41-31(43)15-21(2)22-9-8-14-40-19-22)13-12-30(48-4)38-28(36)17-25(34(38)42)37(45)18-27(47-3)32-24-16-29(38)39(37,46)33(24)32/h6-11,14-15,19,24-25,27-30,32-34,45-46H,5,12-13,16-18,20H2,1-4H3,(H,41,43)/b21-15+/t24-,25-,27+,28-,29+,30+,32?,33-,34?,36-,37+,38+,39+/m1/s1. The van der Waals surface area contributed by atoms with Gasteiger partial charge >= 0.3 is 5.97 Å². The fraction of sp³-hybridized carbons (Fsp3) is 0.615. The van der Waals surface area contributed by atoms with E-state index in [-0.39, 0.29) is 53.7 Å². The molecule has 6 aliphatic carbocycles. The van der Waals surface area contributed by atoms with E-state index in [1.54, 1.807) is 50.9 Å². The zero-order valence-electron chi connectivity index (χ0n) is 28.7. The third-order valence-electron chi connectivity index (χ3n) is 14.7. The molecule has 13 atom stereocenters. The van der Waals surface area contributed by atoms with Gasteiger partial charge in [-0.05, 0) is 86.2 Å². The molecule has 260 valence electrons. The number of para-hydroxylation sites is 1. The van der Waals surface area contributed by atoms with Gasteiger partial charge in [-0.1, -0.05) is 25.1 Å². The Morgan fingerprint density at radius 1 is 1.10 bits per heavy atom. The van der Waals surface area contributed by atoms with Crippen molar-refractivity contribution in [2.75, 3.05) is 32.6 Å². The summed E-state index contributed by atoms with van der Waals surface area (Å²) >= 11 is 0. The molecule has 2 unspecified atom stereocenters. The number of carbonyl (C=O) groups is 2. The molecule has 0 radical (unpaired) electrons. The van der Waals surface area contributed by atoms with Crippen molar-refractivity contribution in [3.8, 4) is 0 Å². The van der Waals surface area contributed by atoms with Gasteiger partial charge in [0.15, 0.2) is 0 Å². The zero-order valence-corrected chi connectivity index (χ0v) is 28.7. The van der Waals surface area contributed by atoms with Gasteiger partial charge in [-0.15, -0.1) is 0 Å². The first-order valence-electron chi connectivity index (χ1n) is 18.1. The largest absolute Gasteiger partial charge is 0.454 e. The maximum absolute atomic E-state index is 14.4. The third kappa shape index (κ3) is 3.87. The number of likely N-dealkylation sites (N-methyl/N-ethyl adjacent to an activating group) is 1. The van der Waals surface area contributed by atoms with Crippen LogP contribution in [0.2, 0.25) is 0 Å². The monoisotopic (exact) mass is 669 g/mol. The molecule has 1 aromatic heterocycles. The van der Waals surface area contributed by atoms with Crippen LogP contribution in [0.4, 0.5) is 5.69 Å². The summed E-state index contributed by atoms with van der Waals surface area (Å²) < 4.78 is 19.2. The summed E-state index contributed by atoms with van der Waals surface area (Å²) in [5.41, 5.74) is -1.53. The molecule has 1 aliphatic heterocycles. The highest BCUT2D eigenvalue weighted by Gasteiger charge is 2.92. The van der Waals surface area contributed by atoms with Gasteiger partial charge in [0.05, 0.1) is 23.5 Å². The van der Waals surface area contributed by atoms with Crippen molar-refractivity contribution in [1.82, 2.24) is 9.88 Å². The number of aliphatic hydroxyl groups is 2. The van der Waals surface area contributed by atoms with Crippen LogP contribution in [0.25, 0.3) is 5.57 Å². The first kappa shape index (κ1) is 31.8. The molecule has 2 aromatic rings. The first-order valence-corrected chi connectivity index (χ1v) is 18.1. The van der Waals surface area contributed by atoms with Gasteiger partial charge in [-0.25, -0.2) is 4.79 Å². The van der Waals surface area contributed by atoms with Crippen molar-refractivity contribution in [3.63, 3.8) is 0 Å². The van der Waals surface area contributed by atoms with Crippen molar-refractivity contribution in [2.24, 2.45) is 40.9 Å². The fourth-order valence-electron chi connectivity index (χ4n) is 13.2. The van der Waals surface area contributed by atoms with Gasteiger partial charge in [0, 0.05) is 74.9 Å². The molecule has 3 N–H and O–H groups in total. The molecule has 1 aromatic carbocycles. The van der Waals surface area contributed by atoms with E-state index >= 15 is 0 Å². The maximum Gasteiger partial charge on any atom is 0.340 e. The van der Waals surface area contributed by atoms with Gasteiger partial charge < -0.3 is 29.7 Å². The second-order valence-corrected chi connectivity index (χ2v) is 16.0. The number of allylic oxidation sites excluding steroid dienone is 1. The maximum atomic E-state index is 14.4. The summed E-state index contributed by atoms with van der Waals surface area (Å²) in [6.07, 6.45) is 7.96. The topological polar surface area (TPSA) is 130 Å². The second-order valence-electron chi connectivity index (χ2n) is 16.0. The minimum absolute atomic E-state index is 0.00261. The number of pyridine rings is 1. The minimum atomic E-state index is -1.29. The Bertz CT molecular complexity index is 1740. The van der Waals surface area contributed by atoms with E-state index in [0.717, 1.165) is 24.1 Å². The number of nitrogens with one attached hydrogen (secondary N) is 1. The molecular formula is C39H47N3O7. The lowest BCUT2D eigenvalue weighted by atomic mass is 9.42. The molecule has 7 aliphatic rings. The highest BCUT2D eigenvalue weighted by atomic mass is 16.6.